The van der Waals surface area contributed by atoms with Gasteiger partial charge < -0.3 is 20.2 Å². The summed E-state index contributed by atoms with van der Waals surface area (Å²) >= 11 is 0. The van der Waals surface area contributed by atoms with E-state index in [0.29, 0.717) is 11.5 Å². The van der Waals surface area contributed by atoms with Crippen LogP contribution in [0, 0.1) is 12.8 Å². The third-order valence-corrected chi connectivity index (χ3v) is 3.82. The van der Waals surface area contributed by atoms with Gasteiger partial charge in [-0.25, -0.2) is 4.79 Å². The van der Waals surface area contributed by atoms with Gasteiger partial charge in [-0.15, -0.1) is 0 Å². The largest absolute Gasteiger partial charge is 0.463 e. The Hall–Kier alpha value is -2.34. The van der Waals surface area contributed by atoms with Crippen LogP contribution in [-0.2, 0) is 5.60 Å². The number of pyridine rings is 1. The number of aromatic nitrogens is 1. The lowest BCUT2D eigenvalue weighted by atomic mass is 10.0. The highest BCUT2D eigenvalue weighted by Gasteiger charge is 2.28. The molecule has 0 fully saturated rings. The zero-order chi connectivity index (χ0) is 17.7. The zero-order valence-corrected chi connectivity index (χ0v) is 14.5. The van der Waals surface area contributed by atoms with Crippen molar-refractivity contribution in [2.45, 2.75) is 39.3 Å². The Morgan fingerprint density at radius 2 is 2.08 bits per heavy atom. The van der Waals surface area contributed by atoms with Crippen LogP contribution in [0.2, 0.25) is 0 Å². The van der Waals surface area contributed by atoms with E-state index in [1.165, 1.54) is 0 Å². The number of nitrogens with zero attached hydrogens (tertiary/aromatic N) is 1. The van der Waals surface area contributed by atoms with Gasteiger partial charge in [-0.3, -0.25) is 4.98 Å². The average molecular weight is 331 g/mol. The first kappa shape index (κ1) is 18.0. The van der Waals surface area contributed by atoms with Gasteiger partial charge >= 0.3 is 6.03 Å². The number of hydrogen-bond acceptors (Lipinski definition) is 4. The third-order valence-electron chi connectivity index (χ3n) is 3.82. The molecule has 2 atom stereocenters. The molecule has 24 heavy (non-hydrogen) atoms. The fraction of sp³-hybridized carbons (Fsp3) is 0.444. The topological polar surface area (TPSA) is 87.4 Å². The molecule has 2 aromatic rings. The van der Waals surface area contributed by atoms with Crippen LogP contribution in [-0.4, -0.2) is 22.7 Å². The van der Waals surface area contributed by atoms with E-state index in [1.54, 1.807) is 32.2 Å². The second-order valence-corrected chi connectivity index (χ2v) is 6.49. The van der Waals surface area contributed by atoms with Crippen molar-refractivity contribution in [2.24, 2.45) is 5.92 Å². The molecule has 0 aliphatic rings. The molecule has 2 rings (SSSR count). The number of rotatable bonds is 6. The lowest BCUT2D eigenvalue weighted by molar-refractivity contribution is 0.0358. The molecule has 130 valence electrons. The highest BCUT2D eigenvalue weighted by atomic mass is 16.4. The van der Waals surface area contributed by atoms with Crippen molar-refractivity contribution in [1.82, 2.24) is 15.6 Å². The van der Waals surface area contributed by atoms with E-state index in [2.05, 4.69) is 15.6 Å². The number of carbonyl (C=O) groups is 1. The summed E-state index contributed by atoms with van der Waals surface area (Å²) < 4.78 is 5.44. The third kappa shape index (κ3) is 4.58. The minimum absolute atomic E-state index is 0.0405. The fourth-order valence-corrected chi connectivity index (χ4v) is 2.40. The van der Waals surface area contributed by atoms with Gasteiger partial charge in [0, 0.05) is 6.20 Å². The lowest BCUT2D eigenvalue weighted by Crippen LogP contribution is -2.45. The fourth-order valence-electron chi connectivity index (χ4n) is 2.40. The minimum atomic E-state index is -1.27. The molecule has 2 aromatic heterocycles. The molecule has 6 heteroatoms. The molecule has 0 aromatic carbocycles. The van der Waals surface area contributed by atoms with Gasteiger partial charge in [0.2, 0.25) is 0 Å². The summed E-state index contributed by atoms with van der Waals surface area (Å²) in [5, 5.41) is 16.1. The Kier molecular flexibility index (Phi) is 5.62. The smallest absolute Gasteiger partial charge is 0.315 e. The summed E-state index contributed by atoms with van der Waals surface area (Å²) in [6, 6.07) is 8.53. The SMILES string of the molecule is Cc1ccc([C@@](C)(O)CNC(=O)N[C@H](c2ccccn2)C(C)C)o1. The number of nitrogens with one attached hydrogen (secondary N) is 2. The van der Waals surface area contributed by atoms with E-state index in [4.69, 9.17) is 4.42 Å². The predicted molar refractivity (Wildman–Crippen MR) is 91.4 cm³/mol. The summed E-state index contributed by atoms with van der Waals surface area (Å²) in [7, 11) is 0. The summed E-state index contributed by atoms with van der Waals surface area (Å²) in [5.74, 6) is 1.31. The summed E-state index contributed by atoms with van der Waals surface area (Å²) in [6.45, 7) is 7.48. The standard InChI is InChI=1S/C18H25N3O3/c1-12(2)16(14-7-5-6-10-19-14)21-17(22)20-11-18(4,23)15-9-8-13(3)24-15/h5-10,12,16,23H,11H2,1-4H3,(H2,20,21,22)/t16-,18-/m0/s1. The van der Waals surface area contributed by atoms with Crippen molar-refractivity contribution < 1.29 is 14.3 Å². The van der Waals surface area contributed by atoms with Gasteiger partial charge in [-0.2, -0.15) is 0 Å². The Labute approximate surface area is 142 Å². The highest BCUT2D eigenvalue weighted by molar-refractivity contribution is 5.74. The maximum Gasteiger partial charge on any atom is 0.315 e. The molecule has 0 saturated carbocycles. The van der Waals surface area contributed by atoms with Crippen LogP contribution < -0.4 is 10.6 Å². The van der Waals surface area contributed by atoms with Gasteiger partial charge in [-0.05, 0) is 44.0 Å². The van der Waals surface area contributed by atoms with E-state index in [-0.39, 0.29) is 24.5 Å². The molecular weight excluding hydrogens is 306 g/mol. The Morgan fingerprint density at radius 3 is 2.62 bits per heavy atom. The molecule has 0 aliphatic carbocycles. The van der Waals surface area contributed by atoms with Gasteiger partial charge in [-0.1, -0.05) is 19.9 Å². The molecule has 2 heterocycles. The number of hydrogen-bond donors (Lipinski definition) is 3. The molecule has 6 nitrogen and oxygen atoms in total. The normalized spacial score (nSPS) is 14.9. The maximum absolute atomic E-state index is 12.2. The number of amides is 2. The van der Waals surface area contributed by atoms with Gasteiger partial charge in [0.25, 0.3) is 0 Å². The minimum Gasteiger partial charge on any atom is -0.463 e. The van der Waals surface area contributed by atoms with Crippen LogP contribution in [0.5, 0.6) is 0 Å². The van der Waals surface area contributed by atoms with Crippen molar-refractivity contribution in [1.29, 1.82) is 0 Å². The van der Waals surface area contributed by atoms with E-state index in [0.717, 1.165) is 5.69 Å². The average Bonchev–Trinajstić information content (AvgIpc) is 2.99. The van der Waals surface area contributed by atoms with Gasteiger partial charge in [0.05, 0.1) is 18.3 Å². The number of aliphatic hydroxyl groups is 1. The summed E-state index contributed by atoms with van der Waals surface area (Å²) in [6.07, 6.45) is 1.70. The molecule has 0 spiro atoms. The van der Waals surface area contributed by atoms with Crippen molar-refractivity contribution in [3.05, 3.63) is 53.7 Å². The number of aryl methyl sites for hydroxylation is 1. The van der Waals surface area contributed by atoms with Crippen molar-refractivity contribution in [2.75, 3.05) is 6.54 Å². The monoisotopic (exact) mass is 331 g/mol. The van der Waals surface area contributed by atoms with Crippen molar-refractivity contribution in [3.63, 3.8) is 0 Å². The summed E-state index contributed by atoms with van der Waals surface area (Å²) in [4.78, 5) is 16.5. The van der Waals surface area contributed by atoms with Crippen LogP contribution in [0.25, 0.3) is 0 Å². The molecule has 0 unspecified atom stereocenters. The van der Waals surface area contributed by atoms with E-state index < -0.39 is 5.60 Å². The first-order valence-corrected chi connectivity index (χ1v) is 8.04. The molecule has 0 bridgehead atoms. The quantitative estimate of drug-likeness (QED) is 0.759. The van der Waals surface area contributed by atoms with Gasteiger partial charge in [0.1, 0.15) is 17.1 Å². The molecule has 3 N–H and O–H groups in total. The number of furan rings is 1. The Balaban J connectivity index is 1.96. The van der Waals surface area contributed by atoms with Crippen LogP contribution in [0.1, 0.15) is 44.0 Å². The summed E-state index contributed by atoms with van der Waals surface area (Å²) in [5.41, 5.74) is -0.472. The predicted octanol–water partition coefficient (Wildman–Crippen LogP) is 2.89. The number of carbonyl (C=O) groups excluding carboxylic acids is 1. The highest BCUT2D eigenvalue weighted by Crippen LogP contribution is 2.22. The van der Waals surface area contributed by atoms with Gasteiger partial charge in [0.15, 0.2) is 0 Å². The van der Waals surface area contributed by atoms with E-state index in [1.807, 2.05) is 32.0 Å². The van der Waals surface area contributed by atoms with Crippen LogP contribution >= 0.6 is 0 Å². The van der Waals surface area contributed by atoms with Crippen molar-refractivity contribution in [3.8, 4) is 0 Å². The molecule has 2 amide bonds. The van der Waals surface area contributed by atoms with E-state index >= 15 is 0 Å². The lowest BCUT2D eigenvalue weighted by Gasteiger charge is -2.25. The molecule has 0 radical (unpaired) electrons. The second kappa shape index (κ2) is 7.49. The van der Waals surface area contributed by atoms with Crippen LogP contribution in [0.4, 0.5) is 4.79 Å². The first-order valence-electron chi connectivity index (χ1n) is 8.04. The molecular formula is C18H25N3O3. The van der Waals surface area contributed by atoms with Crippen LogP contribution in [0.15, 0.2) is 40.9 Å². The molecule has 0 aliphatic heterocycles. The first-order chi connectivity index (χ1) is 11.3. The molecule has 0 saturated heterocycles. The maximum atomic E-state index is 12.2. The van der Waals surface area contributed by atoms with E-state index in [9.17, 15) is 9.90 Å². The van der Waals surface area contributed by atoms with Crippen molar-refractivity contribution >= 4 is 6.03 Å². The Bertz CT molecular complexity index is 665. The Morgan fingerprint density at radius 1 is 1.33 bits per heavy atom. The zero-order valence-electron chi connectivity index (χ0n) is 14.5. The second-order valence-electron chi connectivity index (χ2n) is 6.49. The van der Waals surface area contributed by atoms with Crippen LogP contribution in [0.3, 0.4) is 0 Å². The number of urea groups is 1.